The van der Waals surface area contributed by atoms with E-state index < -0.39 is 11.9 Å². The fraction of sp³-hybridized carbons (Fsp3) is 0.467. The summed E-state index contributed by atoms with van der Waals surface area (Å²) in [6, 6.07) is 6.99. The van der Waals surface area contributed by atoms with Crippen LogP contribution in [0.5, 0.6) is 5.75 Å². The van der Waals surface area contributed by atoms with Gasteiger partial charge in [0.25, 0.3) is 0 Å². The van der Waals surface area contributed by atoms with Crippen molar-refractivity contribution in [1.82, 2.24) is 4.90 Å². The van der Waals surface area contributed by atoms with Gasteiger partial charge in [0.15, 0.2) is 0 Å². The first-order chi connectivity index (χ1) is 10.1. The molecule has 1 saturated heterocycles. The van der Waals surface area contributed by atoms with E-state index in [0.717, 1.165) is 6.42 Å². The molecule has 21 heavy (non-hydrogen) atoms. The summed E-state index contributed by atoms with van der Waals surface area (Å²) < 4.78 is 5.47. The minimum atomic E-state index is -0.831. The van der Waals surface area contributed by atoms with Gasteiger partial charge in [-0.15, -0.1) is 0 Å². The van der Waals surface area contributed by atoms with Crippen LogP contribution in [0.15, 0.2) is 24.3 Å². The van der Waals surface area contributed by atoms with Gasteiger partial charge in [-0.1, -0.05) is 17.7 Å². The van der Waals surface area contributed by atoms with E-state index in [-0.39, 0.29) is 18.9 Å². The number of carbonyl (C=O) groups excluding carboxylic acids is 1. The van der Waals surface area contributed by atoms with Crippen molar-refractivity contribution in [2.24, 2.45) is 5.92 Å². The molecule has 1 amide bonds. The maximum Gasteiger partial charge on any atom is 0.308 e. The van der Waals surface area contributed by atoms with Crippen LogP contribution < -0.4 is 4.74 Å². The number of amides is 1. The Bertz CT molecular complexity index is 520. The van der Waals surface area contributed by atoms with Crippen molar-refractivity contribution in [2.45, 2.75) is 19.3 Å². The zero-order valence-electron chi connectivity index (χ0n) is 11.6. The molecule has 1 fully saturated rings. The summed E-state index contributed by atoms with van der Waals surface area (Å²) in [4.78, 5) is 24.6. The van der Waals surface area contributed by atoms with Gasteiger partial charge in [0.05, 0.1) is 18.9 Å². The molecule has 0 aliphatic carbocycles. The predicted octanol–water partition coefficient (Wildman–Crippen LogP) is 2.43. The molecule has 2 rings (SSSR count). The summed E-state index contributed by atoms with van der Waals surface area (Å²) in [5.74, 6) is -0.723. The number of hydrogen-bond acceptors (Lipinski definition) is 3. The van der Waals surface area contributed by atoms with Gasteiger partial charge in [-0.3, -0.25) is 9.59 Å². The third-order valence-corrected chi connectivity index (χ3v) is 3.74. The molecule has 0 aromatic heterocycles. The Kier molecular flexibility index (Phi) is 5.44. The molecule has 0 radical (unpaired) electrons. The molecule has 0 spiro atoms. The van der Waals surface area contributed by atoms with E-state index in [1.54, 1.807) is 29.2 Å². The SMILES string of the molecule is O=C(O)[C@@H]1CCCN(C(=O)CCOc2cccc(Cl)c2)C1. The van der Waals surface area contributed by atoms with Gasteiger partial charge in [-0.2, -0.15) is 0 Å². The third kappa shape index (κ3) is 4.63. The van der Waals surface area contributed by atoms with Crippen molar-refractivity contribution < 1.29 is 19.4 Å². The minimum Gasteiger partial charge on any atom is -0.493 e. The number of benzene rings is 1. The molecule has 1 aromatic carbocycles. The smallest absolute Gasteiger partial charge is 0.308 e. The molecule has 1 aromatic rings. The number of piperidine rings is 1. The lowest BCUT2D eigenvalue weighted by Crippen LogP contribution is -2.42. The van der Waals surface area contributed by atoms with Crippen molar-refractivity contribution in [2.75, 3.05) is 19.7 Å². The number of nitrogens with zero attached hydrogens (tertiary/aromatic N) is 1. The summed E-state index contributed by atoms with van der Waals surface area (Å²) >= 11 is 5.84. The molecule has 6 heteroatoms. The number of carboxylic acids is 1. The van der Waals surface area contributed by atoms with Crippen molar-refractivity contribution in [3.05, 3.63) is 29.3 Å². The average Bonchev–Trinajstić information content (AvgIpc) is 2.47. The van der Waals surface area contributed by atoms with E-state index in [1.165, 1.54) is 0 Å². The van der Waals surface area contributed by atoms with Gasteiger partial charge in [-0.25, -0.2) is 0 Å². The number of aliphatic carboxylic acids is 1. The molecular weight excluding hydrogens is 294 g/mol. The van der Waals surface area contributed by atoms with Gasteiger partial charge < -0.3 is 14.7 Å². The molecule has 114 valence electrons. The van der Waals surface area contributed by atoms with Crippen LogP contribution in [-0.2, 0) is 9.59 Å². The lowest BCUT2D eigenvalue weighted by molar-refractivity contribution is -0.145. The number of rotatable bonds is 5. The lowest BCUT2D eigenvalue weighted by Gasteiger charge is -2.30. The Labute approximate surface area is 128 Å². The van der Waals surface area contributed by atoms with Crippen LogP contribution in [0.1, 0.15) is 19.3 Å². The first-order valence-electron chi connectivity index (χ1n) is 6.95. The van der Waals surface area contributed by atoms with Crippen LogP contribution in [0, 0.1) is 5.92 Å². The molecule has 1 aliphatic heterocycles. The van der Waals surface area contributed by atoms with Crippen LogP contribution in [0.25, 0.3) is 0 Å². The van der Waals surface area contributed by atoms with Crippen molar-refractivity contribution >= 4 is 23.5 Å². The molecular formula is C15H18ClNO4. The van der Waals surface area contributed by atoms with Crippen molar-refractivity contribution in [1.29, 1.82) is 0 Å². The second-order valence-electron chi connectivity index (χ2n) is 5.07. The number of ether oxygens (including phenoxy) is 1. The Morgan fingerprint density at radius 2 is 2.24 bits per heavy atom. The first kappa shape index (κ1) is 15.6. The molecule has 1 aliphatic rings. The summed E-state index contributed by atoms with van der Waals surface area (Å²) in [7, 11) is 0. The van der Waals surface area contributed by atoms with E-state index in [0.29, 0.717) is 30.3 Å². The predicted molar refractivity (Wildman–Crippen MR) is 78.5 cm³/mol. The van der Waals surface area contributed by atoms with Crippen LogP contribution in [-0.4, -0.2) is 41.6 Å². The van der Waals surface area contributed by atoms with E-state index >= 15 is 0 Å². The monoisotopic (exact) mass is 311 g/mol. The number of hydrogen-bond donors (Lipinski definition) is 1. The Morgan fingerprint density at radius 3 is 2.95 bits per heavy atom. The van der Waals surface area contributed by atoms with Crippen LogP contribution in [0.3, 0.4) is 0 Å². The van der Waals surface area contributed by atoms with Gasteiger partial charge in [0, 0.05) is 18.1 Å². The zero-order chi connectivity index (χ0) is 15.2. The van der Waals surface area contributed by atoms with E-state index in [2.05, 4.69) is 0 Å². The quantitative estimate of drug-likeness (QED) is 0.907. The van der Waals surface area contributed by atoms with Gasteiger partial charge in [0.2, 0.25) is 5.91 Å². The summed E-state index contributed by atoms with van der Waals surface area (Å²) in [5, 5.41) is 9.60. The summed E-state index contributed by atoms with van der Waals surface area (Å²) in [6.07, 6.45) is 1.61. The largest absolute Gasteiger partial charge is 0.493 e. The molecule has 1 N–H and O–H groups in total. The Morgan fingerprint density at radius 1 is 1.43 bits per heavy atom. The molecule has 0 saturated carbocycles. The van der Waals surface area contributed by atoms with Gasteiger partial charge in [-0.05, 0) is 31.0 Å². The standard InChI is InChI=1S/C15H18ClNO4/c16-12-4-1-5-13(9-12)21-8-6-14(18)17-7-2-3-11(10-17)15(19)20/h1,4-5,9,11H,2-3,6-8,10H2,(H,19,20)/t11-/m1/s1. The van der Waals surface area contributed by atoms with E-state index in [4.69, 9.17) is 21.4 Å². The Hall–Kier alpha value is -1.75. The maximum atomic E-state index is 12.1. The van der Waals surface area contributed by atoms with Gasteiger partial charge in [0.1, 0.15) is 5.75 Å². The van der Waals surface area contributed by atoms with Crippen LogP contribution in [0.2, 0.25) is 5.02 Å². The maximum absolute atomic E-state index is 12.1. The van der Waals surface area contributed by atoms with Gasteiger partial charge >= 0.3 is 5.97 Å². The van der Waals surface area contributed by atoms with Crippen LogP contribution in [0.4, 0.5) is 0 Å². The summed E-state index contributed by atoms with van der Waals surface area (Å²) in [5.41, 5.74) is 0. The highest BCUT2D eigenvalue weighted by atomic mass is 35.5. The van der Waals surface area contributed by atoms with Crippen molar-refractivity contribution in [3.8, 4) is 5.75 Å². The second kappa shape index (κ2) is 7.31. The number of halogens is 1. The van der Waals surface area contributed by atoms with E-state index in [9.17, 15) is 9.59 Å². The molecule has 1 atom stereocenters. The fourth-order valence-corrected chi connectivity index (χ4v) is 2.56. The fourth-order valence-electron chi connectivity index (χ4n) is 2.38. The molecule has 5 nitrogen and oxygen atoms in total. The highest BCUT2D eigenvalue weighted by Gasteiger charge is 2.27. The average molecular weight is 312 g/mol. The lowest BCUT2D eigenvalue weighted by atomic mass is 9.98. The first-order valence-corrected chi connectivity index (χ1v) is 7.33. The molecule has 0 unspecified atom stereocenters. The molecule has 0 bridgehead atoms. The second-order valence-corrected chi connectivity index (χ2v) is 5.51. The topological polar surface area (TPSA) is 66.8 Å². The molecule has 1 heterocycles. The normalized spacial score (nSPS) is 18.3. The van der Waals surface area contributed by atoms with Crippen LogP contribution >= 0.6 is 11.6 Å². The number of carboxylic acid groups (broad SMARTS) is 1. The third-order valence-electron chi connectivity index (χ3n) is 3.50. The Balaban J connectivity index is 1.78. The highest BCUT2D eigenvalue weighted by Crippen LogP contribution is 2.19. The minimum absolute atomic E-state index is 0.0667. The summed E-state index contributed by atoms with van der Waals surface area (Å²) in [6.45, 7) is 1.18. The van der Waals surface area contributed by atoms with Crippen molar-refractivity contribution in [3.63, 3.8) is 0 Å². The highest BCUT2D eigenvalue weighted by molar-refractivity contribution is 6.30. The van der Waals surface area contributed by atoms with E-state index in [1.807, 2.05) is 0 Å². The zero-order valence-corrected chi connectivity index (χ0v) is 12.4. The number of carbonyl (C=O) groups is 2. The number of likely N-dealkylation sites (tertiary alicyclic amines) is 1.